The van der Waals surface area contributed by atoms with Crippen molar-refractivity contribution in [2.75, 3.05) is 0 Å². The molecule has 2 aromatic carbocycles. The van der Waals surface area contributed by atoms with Crippen LogP contribution in [0.3, 0.4) is 0 Å². The van der Waals surface area contributed by atoms with Crippen molar-refractivity contribution < 1.29 is 36.6 Å². The van der Waals surface area contributed by atoms with E-state index in [1.54, 1.807) is 0 Å². The van der Waals surface area contributed by atoms with Gasteiger partial charge in [0.1, 0.15) is 11.5 Å². The van der Waals surface area contributed by atoms with Gasteiger partial charge < -0.3 is 10.2 Å². The summed E-state index contributed by atoms with van der Waals surface area (Å²) >= 11 is 0. The van der Waals surface area contributed by atoms with Gasteiger partial charge in [-0.15, -0.1) is 0 Å². The van der Waals surface area contributed by atoms with E-state index in [2.05, 4.69) is 9.98 Å². The summed E-state index contributed by atoms with van der Waals surface area (Å²) in [6.45, 7) is 2.71. The molecule has 0 aliphatic heterocycles. The predicted octanol–water partition coefficient (Wildman–Crippen LogP) is 6.21. The van der Waals surface area contributed by atoms with E-state index in [0.29, 0.717) is 19.3 Å². The highest BCUT2D eigenvalue weighted by Gasteiger charge is 2.33. The van der Waals surface area contributed by atoms with E-state index in [1.165, 1.54) is 26.3 Å². The van der Waals surface area contributed by atoms with Gasteiger partial charge in [0.05, 0.1) is 23.2 Å². The van der Waals surface area contributed by atoms with Crippen molar-refractivity contribution >= 4 is 12.4 Å². The van der Waals surface area contributed by atoms with Crippen molar-refractivity contribution in [2.24, 2.45) is 9.98 Å². The fourth-order valence-electron chi connectivity index (χ4n) is 3.76. The van der Waals surface area contributed by atoms with Crippen molar-refractivity contribution in [3.8, 4) is 11.5 Å². The van der Waals surface area contributed by atoms with Crippen molar-refractivity contribution in [1.82, 2.24) is 0 Å². The number of rotatable bonds is 4. The zero-order valence-corrected chi connectivity index (χ0v) is 17.8. The first-order valence-electron chi connectivity index (χ1n) is 10.2. The van der Waals surface area contributed by atoms with E-state index in [1.807, 2.05) is 0 Å². The summed E-state index contributed by atoms with van der Waals surface area (Å²) in [5.74, 6) is -0.622. The monoisotopic (exact) mass is 472 g/mol. The summed E-state index contributed by atoms with van der Waals surface area (Å²) < 4.78 is 78.4. The highest BCUT2D eigenvalue weighted by molar-refractivity contribution is 5.85. The van der Waals surface area contributed by atoms with E-state index in [9.17, 15) is 36.6 Å². The van der Waals surface area contributed by atoms with Crippen LogP contribution < -0.4 is 0 Å². The van der Waals surface area contributed by atoms with Gasteiger partial charge in [-0.2, -0.15) is 26.3 Å². The van der Waals surface area contributed by atoms with Crippen LogP contribution in [-0.2, 0) is 12.4 Å². The molecule has 1 saturated carbocycles. The number of alkyl halides is 6. The maximum absolute atomic E-state index is 13.1. The molecular formula is C23H22F6N2O2. The molecule has 0 aromatic heterocycles. The van der Waals surface area contributed by atoms with Gasteiger partial charge in [0.15, 0.2) is 0 Å². The summed E-state index contributed by atoms with van der Waals surface area (Å²) in [4.78, 5) is 8.60. The average Bonchev–Trinajstić information content (AvgIpc) is 3.15. The Hall–Kier alpha value is -3.04. The summed E-state index contributed by atoms with van der Waals surface area (Å²) in [6.07, 6.45) is -4.95. The molecule has 3 rings (SSSR count). The maximum Gasteiger partial charge on any atom is 0.416 e. The van der Waals surface area contributed by atoms with Gasteiger partial charge in [-0.25, -0.2) is 0 Å². The van der Waals surface area contributed by atoms with Gasteiger partial charge in [-0.05, 0) is 68.5 Å². The third-order valence-corrected chi connectivity index (χ3v) is 5.57. The zero-order valence-electron chi connectivity index (χ0n) is 17.8. The molecule has 178 valence electrons. The lowest BCUT2D eigenvalue weighted by molar-refractivity contribution is -0.138. The quantitative estimate of drug-likeness (QED) is 0.410. The van der Waals surface area contributed by atoms with Crippen molar-refractivity contribution in [1.29, 1.82) is 0 Å². The lowest BCUT2D eigenvalue weighted by Crippen LogP contribution is -2.16. The summed E-state index contributed by atoms with van der Waals surface area (Å²) in [5, 5.41) is 20.2. The Bertz CT molecular complexity index is 1000. The Morgan fingerprint density at radius 1 is 0.727 bits per heavy atom. The Labute approximate surface area is 186 Å². The smallest absolute Gasteiger partial charge is 0.416 e. The molecule has 1 aliphatic rings. The molecule has 1 fully saturated rings. The zero-order chi connectivity index (χ0) is 24.6. The maximum atomic E-state index is 13.1. The van der Waals surface area contributed by atoms with Crippen LogP contribution in [0.1, 0.15) is 52.6 Å². The van der Waals surface area contributed by atoms with Crippen LogP contribution in [0.5, 0.6) is 11.5 Å². The second kappa shape index (κ2) is 9.07. The molecule has 2 unspecified atom stereocenters. The van der Waals surface area contributed by atoms with Crippen LogP contribution in [-0.4, -0.2) is 34.7 Å². The molecule has 1 aliphatic carbocycles. The van der Waals surface area contributed by atoms with Gasteiger partial charge in [0, 0.05) is 23.6 Å². The number of phenolic OH excluding ortho intramolecular Hbond substituents is 2. The first-order chi connectivity index (χ1) is 15.3. The average molecular weight is 472 g/mol. The van der Waals surface area contributed by atoms with Crippen LogP contribution in [0.4, 0.5) is 26.3 Å². The lowest BCUT2D eigenvalue weighted by atomic mass is 10.0. The summed E-state index contributed by atoms with van der Waals surface area (Å²) in [7, 11) is 0. The van der Waals surface area contributed by atoms with E-state index < -0.39 is 35.6 Å². The predicted molar refractivity (Wildman–Crippen MR) is 112 cm³/mol. The third kappa shape index (κ3) is 5.66. The number of aromatic hydroxyl groups is 2. The fourth-order valence-corrected chi connectivity index (χ4v) is 3.76. The Balaban J connectivity index is 1.85. The number of halogens is 6. The minimum atomic E-state index is -4.58. The Morgan fingerprint density at radius 3 is 1.42 bits per heavy atom. The van der Waals surface area contributed by atoms with E-state index in [-0.39, 0.29) is 33.8 Å². The number of hydrogen-bond acceptors (Lipinski definition) is 4. The Morgan fingerprint density at radius 2 is 1.09 bits per heavy atom. The van der Waals surface area contributed by atoms with E-state index in [4.69, 9.17) is 0 Å². The van der Waals surface area contributed by atoms with Gasteiger partial charge in [0.2, 0.25) is 0 Å². The molecule has 0 saturated heterocycles. The highest BCUT2D eigenvalue weighted by Crippen LogP contribution is 2.35. The van der Waals surface area contributed by atoms with Gasteiger partial charge in [-0.1, -0.05) is 0 Å². The van der Waals surface area contributed by atoms with Crippen molar-refractivity contribution in [3.63, 3.8) is 0 Å². The van der Waals surface area contributed by atoms with Crippen molar-refractivity contribution in [2.45, 2.75) is 57.5 Å². The number of nitrogens with zero attached hydrogens (tertiary/aromatic N) is 2. The second-order valence-corrected chi connectivity index (χ2v) is 8.08. The minimum Gasteiger partial charge on any atom is -0.507 e. The Kier molecular flexibility index (Phi) is 6.76. The standard InChI is InChI=1S/C23H22F6N2O2/c1-12-6-16(22(24,25)26)8-14(20(12)32)10-30-18-4-3-5-19(18)31-11-15-9-17(23(27,28)29)7-13(2)21(15)33/h6-11,18-19,32-33H,3-5H2,1-2H3. The minimum absolute atomic E-state index is 0.0580. The van der Waals surface area contributed by atoms with Crippen LogP contribution in [0.25, 0.3) is 0 Å². The molecular weight excluding hydrogens is 450 g/mol. The number of hydrogen-bond donors (Lipinski definition) is 2. The normalized spacial score (nSPS) is 19.8. The molecule has 0 bridgehead atoms. The lowest BCUT2D eigenvalue weighted by Gasteiger charge is -2.14. The fraction of sp³-hybridized carbons (Fsp3) is 0.391. The first-order valence-corrected chi connectivity index (χ1v) is 10.2. The first kappa shape index (κ1) is 24.6. The molecule has 0 amide bonds. The van der Waals surface area contributed by atoms with Crippen LogP contribution in [0, 0.1) is 13.8 Å². The third-order valence-electron chi connectivity index (χ3n) is 5.57. The molecule has 2 aromatic rings. The largest absolute Gasteiger partial charge is 0.507 e. The molecule has 2 atom stereocenters. The topological polar surface area (TPSA) is 65.2 Å². The molecule has 0 spiro atoms. The molecule has 33 heavy (non-hydrogen) atoms. The van der Waals surface area contributed by atoms with Gasteiger partial charge in [-0.3, -0.25) is 9.98 Å². The molecule has 0 heterocycles. The second-order valence-electron chi connectivity index (χ2n) is 8.08. The van der Waals surface area contributed by atoms with E-state index in [0.717, 1.165) is 24.3 Å². The van der Waals surface area contributed by atoms with Gasteiger partial charge in [0.25, 0.3) is 0 Å². The number of aryl methyl sites for hydroxylation is 2. The summed E-state index contributed by atoms with van der Waals surface area (Å²) in [6, 6.07) is 2.46. The molecule has 0 radical (unpaired) electrons. The van der Waals surface area contributed by atoms with Crippen molar-refractivity contribution in [3.05, 3.63) is 57.6 Å². The molecule has 2 N–H and O–H groups in total. The van der Waals surface area contributed by atoms with Crippen LogP contribution in [0.15, 0.2) is 34.3 Å². The number of benzene rings is 2. The number of aliphatic imine (C=N–C) groups is 2. The van der Waals surface area contributed by atoms with Crippen LogP contribution >= 0.6 is 0 Å². The SMILES string of the molecule is Cc1cc(C(F)(F)F)cc(C=NC2CCCC2N=Cc2cc(C(F)(F)F)cc(C)c2O)c1O. The molecule has 4 nitrogen and oxygen atoms in total. The van der Waals surface area contributed by atoms with E-state index >= 15 is 0 Å². The van der Waals surface area contributed by atoms with Gasteiger partial charge >= 0.3 is 12.4 Å². The highest BCUT2D eigenvalue weighted by atomic mass is 19.4. The summed E-state index contributed by atoms with van der Waals surface area (Å²) in [5.41, 5.74) is -1.86. The van der Waals surface area contributed by atoms with Crippen LogP contribution in [0.2, 0.25) is 0 Å². The number of phenols is 2. The molecule has 10 heteroatoms.